The van der Waals surface area contributed by atoms with Crippen LogP contribution in [0.5, 0.6) is 5.75 Å². The summed E-state index contributed by atoms with van der Waals surface area (Å²) in [6.45, 7) is 7.66. The van der Waals surface area contributed by atoms with E-state index in [9.17, 15) is 0 Å². The molecule has 0 radical (unpaired) electrons. The largest absolute Gasteiger partial charge is 0.496 e. The first-order chi connectivity index (χ1) is 7.74. The van der Waals surface area contributed by atoms with Crippen molar-refractivity contribution in [2.75, 3.05) is 26.9 Å². The number of thiophene rings is 1. The van der Waals surface area contributed by atoms with E-state index in [1.807, 2.05) is 11.4 Å². The second-order valence-electron chi connectivity index (χ2n) is 4.06. The van der Waals surface area contributed by atoms with Crippen LogP contribution in [-0.4, -0.2) is 26.9 Å². The van der Waals surface area contributed by atoms with E-state index in [0.29, 0.717) is 5.92 Å². The minimum Gasteiger partial charge on any atom is -0.496 e. The minimum absolute atomic E-state index is 0.609. The molecular weight excluding hydrogens is 222 g/mol. The molecule has 0 aliphatic carbocycles. The summed E-state index contributed by atoms with van der Waals surface area (Å²) in [5, 5.41) is 5.39. The molecule has 0 saturated carbocycles. The van der Waals surface area contributed by atoms with E-state index in [1.54, 1.807) is 18.4 Å². The number of rotatable bonds is 8. The zero-order chi connectivity index (χ0) is 11.8. The minimum atomic E-state index is 0.609. The van der Waals surface area contributed by atoms with Crippen molar-refractivity contribution in [1.29, 1.82) is 0 Å². The summed E-state index contributed by atoms with van der Waals surface area (Å²) in [6, 6.07) is 2.00. The molecule has 1 N–H and O–H groups in total. The molecule has 0 aliphatic rings. The summed E-state index contributed by atoms with van der Waals surface area (Å²) in [5.41, 5.74) is 0. The second-order valence-corrected chi connectivity index (χ2v) is 5.06. The molecule has 3 nitrogen and oxygen atoms in total. The lowest BCUT2D eigenvalue weighted by molar-refractivity contribution is 0.111. The molecule has 1 rings (SSSR count). The average Bonchev–Trinajstić information content (AvgIpc) is 2.70. The Bertz CT molecular complexity index is 286. The Morgan fingerprint density at radius 2 is 2.25 bits per heavy atom. The van der Waals surface area contributed by atoms with E-state index in [1.165, 1.54) is 4.88 Å². The molecule has 0 saturated heterocycles. The van der Waals surface area contributed by atoms with Crippen LogP contribution in [0.4, 0.5) is 0 Å². The van der Waals surface area contributed by atoms with Crippen LogP contribution in [0.15, 0.2) is 11.4 Å². The van der Waals surface area contributed by atoms with Crippen molar-refractivity contribution in [3.63, 3.8) is 0 Å². The van der Waals surface area contributed by atoms with E-state index in [0.717, 1.165) is 32.1 Å². The van der Waals surface area contributed by atoms with E-state index in [2.05, 4.69) is 19.2 Å². The van der Waals surface area contributed by atoms with Crippen LogP contribution in [0.3, 0.4) is 0 Å². The van der Waals surface area contributed by atoms with E-state index < -0.39 is 0 Å². The van der Waals surface area contributed by atoms with Gasteiger partial charge in [-0.1, -0.05) is 13.8 Å². The van der Waals surface area contributed by atoms with Crippen molar-refractivity contribution >= 4 is 11.3 Å². The Morgan fingerprint density at radius 1 is 1.44 bits per heavy atom. The molecule has 4 heteroatoms. The van der Waals surface area contributed by atoms with Crippen LogP contribution in [0.1, 0.15) is 18.7 Å². The highest BCUT2D eigenvalue weighted by molar-refractivity contribution is 7.10. The molecule has 92 valence electrons. The molecule has 0 aromatic carbocycles. The maximum Gasteiger partial charge on any atom is 0.134 e. The van der Waals surface area contributed by atoms with Gasteiger partial charge >= 0.3 is 0 Å². The summed E-state index contributed by atoms with van der Waals surface area (Å²) in [5.74, 6) is 1.58. The van der Waals surface area contributed by atoms with Crippen molar-refractivity contribution in [3.05, 3.63) is 16.3 Å². The lowest BCUT2D eigenvalue weighted by Crippen LogP contribution is -2.20. The number of nitrogens with one attached hydrogen (secondary N) is 1. The number of hydrogen-bond donors (Lipinski definition) is 1. The Kier molecular flexibility index (Phi) is 6.45. The van der Waals surface area contributed by atoms with Gasteiger partial charge in [-0.3, -0.25) is 0 Å². The maximum atomic E-state index is 5.48. The van der Waals surface area contributed by atoms with Crippen molar-refractivity contribution in [2.24, 2.45) is 5.92 Å². The summed E-state index contributed by atoms with van der Waals surface area (Å²) in [6.07, 6.45) is 0. The fraction of sp³-hybridized carbons (Fsp3) is 0.667. The predicted molar refractivity (Wildman–Crippen MR) is 68.2 cm³/mol. The van der Waals surface area contributed by atoms with Gasteiger partial charge < -0.3 is 14.8 Å². The van der Waals surface area contributed by atoms with Gasteiger partial charge in [0.25, 0.3) is 0 Å². The van der Waals surface area contributed by atoms with Crippen LogP contribution in [0, 0.1) is 5.92 Å². The predicted octanol–water partition coefficient (Wildman–Crippen LogP) is 2.52. The monoisotopic (exact) mass is 243 g/mol. The second kappa shape index (κ2) is 7.65. The first-order valence-corrected chi connectivity index (χ1v) is 6.50. The first-order valence-electron chi connectivity index (χ1n) is 5.63. The van der Waals surface area contributed by atoms with Gasteiger partial charge in [-0.2, -0.15) is 0 Å². The summed E-state index contributed by atoms with van der Waals surface area (Å²) < 4.78 is 10.7. The van der Waals surface area contributed by atoms with Gasteiger partial charge in [-0.05, 0) is 17.4 Å². The molecule has 1 heterocycles. The SMILES string of the molecule is COc1ccsc1CNCCOCC(C)C. The fourth-order valence-electron chi connectivity index (χ4n) is 1.30. The quantitative estimate of drug-likeness (QED) is 0.712. The zero-order valence-electron chi connectivity index (χ0n) is 10.3. The Morgan fingerprint density at radius 3 is 2.94 bits per heavy atom. The van der Waals surface area contributed by atoms with Gasteiger partial charge in [0.1, 0.15) is 5.75 Å². The Labute approximate surface area is 102 Å². The molecule has 0 spiro atoms. The fourth-order valence-corrected chi connectivity index (χ4v) is 2.11. The van der Waals surface area contributed by atoms with Crippen LogP contribution in [-0.2, 0) is 11.3 Å². The average molecular weight is 243 g/mol. The Balaban J connectivity index is 2.07. The van der Waals surface area contributed by atoms with Crippen molar-refractivity contribution < 1.29 is 9.47 Å². The molecule has 0 fully saturated rings. The van der Waals surface area contributed by atoms with E-state index in [4.69, 9.17) is 9.47 Å². The van der Waals surface area contributed by atoms with Crippen LogP contribution < -0.4 is 10.1 Å². The highest BCUT2D eigenvalue weighted by Crippen LogP contribution is 2.23. The van der Waals surface area contributed by atoms with Crippen molar-refractivity contribution in [3.8, 4) is 5.75 Å². The molecule has 1 aromatic rings. The highest BCUT2D eigenvalue weighted by atomic mass is 32.1. The summed E-state index contributed by atoms with van der Waals surface area (Å²) >= 11 is 1.71. The topological polar surface area (TPSA) is 30.5 Å². The van der Waals surface area contributed by atoms with Crippen LogP contribution >= 0.6 is 11.3 Å². The molecule has 0 amide bonds. The third kappa shape index (κ3) is 4.96. The van der Waals surface area contributed by atoms with E-state index >= 15 is 0 Å². The molecule has 0 atom stereocenters. The lowest BCUT2D eigenvalue weighted by atomic mass is 10.2. The highest BCUT2D eigenvalue weighted by Gasteiger charge is 2.02. The van der Waals surface area contributed by atoms with Gasteiger partial charge in [0.15, 0.2) is 0 Å². The smallest absolute Gasteiger partial charge is 0.134 e. The third-order valence-electron chi connectivity index (χ3n) is 2.08. The Hall–Kier alpha value is -0.580. The van der Waals surface area contributed by atoms with Gasteiger partial charge in [0.2, 0.25) is 0 Å². The summed E-state index contributed by atoms with van der Waals surface area (Å²) in [4.78, 5) is 1.24. The maximum absolute atomic E-state index is 5.48. The zero-order valence-corrected chi connectivity index (χ0v) is 11.1. The van der Waals surface area contributed by atoms with Gasteiger partial charge in [-0.25, -0.2) is 0 Å². The van der Waals surface area contributed by atoms with Crippen LogP contribution in [0.25, 0.3) is 0 Å². The van der Waals surface area contributed by atoms with E-state index in [-0.39, 0.29) is 0 Å². The third-order valence-corrected chi connectivity index (χ3v) is 2.99. The van der Waals surface area contributed by atoms with Crippen molar-refractivity contribution in [1.82, 2.24) is 5.32 Å². The molecule has 0 aliphatic heterocycles. The normalized spacial score (nSPS) is 11.0. The molecule has 0 bridgehead atoms. The van der Waals surface area contributed by atoms with Crippen LogP contribution in [0.2, 0.25) is 0 Å². The number of methoxy groups -OCH3 is 1. The number of hydrogen-bond acceptors (Lipinski definition) is 4. The van der Waals surface area contributed by atoms with Gasteiger partial charge in [0, 0.05) is 19.7 Å². The standard InChI is InChI=1S/C12H21NO2S/c1-10(2)9-15-6-5-13-8-12-11(14-3)4-7-16-12/h4,7,10,13H,5-6,8-9H2,1-3H3. The lowest BCUT2D eigenvalue weighted by Gasteiger charge is -2.08. The van der Waals surface area contributed by atoms with Crippen molar-refractivity contribution in [2.45, 2.75) is 20.4 Å². The summed E-state index contributed by atoms with van der Waals surface area (Å²) in [7, 11) is 1.71. The van der Waals surface area contributed by atoms with Gasteiger partial charge in [0.05, 0.1) is 18.6 Å². The molecule has 1 aromatic heterocycles. The first kappa shape index (κ1) is 13.5. The number of ether oxygens (including phenoxy) is 2. The van der Waals surface area contributed by atoms with Gasteiger partial charge in [-0.15, -0.1) is 11.3 Å². The molecule has 16 heavy (non-hydrogen) atoms. The molecule has 0 unspecified atom stereocenters. The molecular formula is C12H21NO2S.